The van der Waals surface area contributed by atoms with Gasteiger partial charge in [0, 0.05) is 19.1 Å². The van der Waals surface area contributed by atoms with E-state index in [1.165, 1.54) is 6.42 Å². The summed E-state index contributed by atoms with van der Waals surface area (Å²) in [5, 5.41) is 9.36. The molecule has 0 saturated carbocycles. The fourth-order valence-electron chi connectivity index (χ4n) is 3.59. The van der Waals surface area contributed by atoms with E-state index in [4.69, 9.17) is 0 Å². The monoisotopic (exact) mass is 282 g/mol. The molecule has 5 heteroatoms. The van der Waals surface area contributed by atoms with Crippen LogP contribution in [0, 0.1) is 5.92 Å². The number of rotatable bonds is 3. The molecule has 2 aliphatic rings. The summed E-state index contributed by atoms with van der Waals surface area (Å²) in [7, 11) is 0. The summed E-state index contributed by atoms with van der Waals surface area (Å²) >= 11 is 0. The number of aliphatic carboxylic acids is 1. The molecule has 0 spiro atoms. The SMILES string of the molecule is CCCC1CCCCN1C(=O)N1CCC(C)C1C(=O)O. The first-order chi connectivity index (χ1) is 9.56. The van der Waals surface area contributed by atoms with Gasteiger partial charge in [-0.2, -0.15) is 0 Å². The first-order valence-electron chi connectivity index (χ1n) is 7.86. The highest BCUT2D eigenvalue weighted by molar-refractivity contribution is 5.83. The van der Waals surface area contributed by atoms with Crippen LogP contribution in [0.2, 0.25) is 0 Å². The molecule has 3 unspecified atom stereocenters. The van der Waals surface area contributed by atoms with Crippen molar-refractivity contribution in [3.8, 4) is 0 Å². The molecule has 0 aromatic carbocycles. The molecular weight excluding hydrogens is 256 g/mol. The molecule has 114 valence electrons. The number of hydrogen-bond donors (Lipinski definition) is 1. The lowest BCUT2D eigenvalue weighted by Crippen LogP contribution is -2.53. The summed E-state index contributed by atoms with van der Waals surface area (Å²) in [5.74, 6) is -0.821. The van der Waals surface area contributed by atoms with E-state index in [0.717, 1.165) is 38.6 Å². The van der Waals surface area contributed by atoms with Crippen molar-refractivity contribution in [1.82, 2.24) is 9.80 Å². The summed E-state index contributed by atoms with van der Waals surface area (Å²) in [4.78, 5) is 27.7. The van der Waals surface area contributed by atoms with Crippen LogP contribution in [0.5, 0.6) is 0 Å². The highest BCUT2D eigenvalue weighted by Crippen LogP contribution is 2.28. The zero-order chi connectivity index (χ0) is 14.7. The number of hydrogen-bond acceptors (Lipinski definition) is 2. The predicted octanol–water partition coefficient (Wildman–Crippen LogP) is 2.56. The van der Waals surface area contributed by atoms with Gasteiger partial charge in [-0.05, 0) is 38.0 Å². The van der Waals surface area contributed by atoms with Gasteiger partial charge in [0.15, 0.2) is 0 Å². The molecule has 2 fully saturated rings. The van der Waals surface area contributed by atoms with Crippen LogP contribution in [0.4, 0.5) is 4.79 Å². The van der Waals surface area contributed by atoms with Gasteiger partial charge in [0.25, 0.3) is 0 Å². The molecule has 2 rings (SSSR count). The fraction of sp³-hybridized carbons (Fsp3) is 0.867. The highest BCUT2D eigenvalue weighted by Gasteiger charge is 2.42. The maximum absolute atomic E-state index is 12.7. The van der Waals surface area contributed by atoms with Crippen LogP contribution >= 0.6 is 0 Å². The number of carboxylic acid groups (broad SMARTS) is 1. The number of piperidine rings is 1. The van der Waals surface area contributed by atoms with Gasteiger partial charge >= 0.3 is 12.0 Å². The Labute approximate surface area is 120 Å². The van der Waals surface area contributed by atoms with E-state index in [2.05, 4.69) is 6.92 Å². The predicted molar refractivity (Wildman–Crippen MR) is 76.6 cm³/mol. The third-order valence-electron chi connectivity index (χ3n) is 4.69. The Kier molecular flexibility index (Phi) is 4.89. The molecule has 0 aromatic rings. The smallest absolute Gasteiger partial charge is 0.326 e. The molecule has 0 radical (unpaired) electrons. The van der Waals surface area contributed by atoms with Crippen LogP contribution in [0.25, 0.3) is 0 Å². The second kappa shape index (κ2) is 6.46. The molecular formula is C15H26N2O3. The summed E-state index contributed by atoms with van der Waals surface area (Å²) in [6.45, 7) is 5.41. The van der Waals surface area contributed by atoms with Gasteiger partial charge in [0.2, 0.25) is 0 Å². The average molecular weight is 282 g/mol. The van der Waals surface area contributed by atoms with Gasteiger partial charge in [0.1, 0.15) is 6.04 Å². The number of likely N-dealkylation sites (tertiary alicyclic amines) is 2. The van der Waals surface area contributed by atoms with Gasteiger partial charge in [-0.1, -0.05) is 20.3 Å². The minimum absolute atomic E-state index is 0.0471. The molecule has 20 heavy (non-hydrogen) atoms. The average Bonchev–Trinajstić information content (AvgIpc) is 2.81. The third kappa shape index (κ3) is 2.91. The number of carbonyl (C=O) groups is 2. The summed E-state index contributed by atoms with van der Waals surface area (Å²) in [6, 6.07) is -0.404. The van der Waals surface area contributed by atoms with Crippen LogP contribution in [0.3, 0.4) is 0 Å². The van der Waals surface area contributed by atoms with E-state index in [1.54, 1.807) is 4.90 Å². The Morgan fingerprint density at radius 1 is 1.15 bits per heavy atom. The van der Waals surface area contributed by atoms with Crippen molar-refractivity contribution < 1.29 is 14.7 Å². The standard InChI is InChI=1S/C15H26N2O3/c1-3-6-12-7-4-5-9-16(12)15(20)17-10-8-11(2)13(17)14(18)19/h11-13H,3-10H2,1-2H3,(H,18,19). The number of nitrogens with zero attached hydrogens (tertiary/aromatic N) is 2. The van der Waals surface area contributed by atoms with Gasteiger partial charge < -0.3 is 14.9 Å². The van der Waals surface area contributed by atoms with Crippen molar-refractivity contribution in [2.45, 2.75) is 64.5 Å². The molecule has 2 heterocycles. The first kappa shape index (κ1) is 15.1. The molecule has 5 nitrogen and oxygen atoms in total. The number of carboxylic acids is 1. The quantitative estimate of drug-likeness (QED) is 0.865. The molecule has 2 saturated heterocycles. The molecule has 0 aliphatic carbocycles. The second-order valence-electron chi connectivity index (χ2n) is 6.16. The first-order valence-corrected chi connectivity index (χ1v) is 7.86. The van der Waals surface area contributed by atoms with Crippen LogP contribution in [0.1, 0.15) is 52.4 Å². The molecule has 2 aliphatic heterocycles. The Morgan fingerprint density at radius 3 is 2.55 bits per heavy atom. The Morgan fingerprint density at radius 2 is 1.90 bits per heavy atom. The van der Waals surface area contributed by atoms with E-state index in [0.29, 0.717) is 12.6 Å². The zero-order valence-corrected chi connectivity index (χ0v) is 12.5. The summed E-state index contributed by atoms with van der Waals surface area (Å²) in [5.41, 5.74) is 0. The minimum atomic E-state index is -0.868. The summed E-state index contributed by atoms with van der Waals surface area (Å²) in [6.07, 6.45) is 6.13. The fourth-order valence-corrected chi connectivity index (χ4v) is 3.59. The van der Waals surface area contributed by atoms with Crippen molar-refractivity contribution >= 4 is 12.0 Å². The Balaban J connectivity index is 2.10. The van der Waals surface area contributed by atoms with Gasteiger partial charge in [0.05, 0.1) is 0 Å². The Hall–Kier alpha value is -1.26. The van der Waals surface area contributed by atoms with E-state index in [1.807, 2.05) is 11.8 Å². The van der Waals surface area contributed by atoms with Crippen molar-refractivity contribution in [2.75, 3.05) is 13.1 Å². The van der Waals surface area contributed by atoms with Crippen molar-refractivity contribution in [3.63, 3.8) is 0 Å². The maximum atomic E-state index is 12.7. The molecule has 3 atom stereocenters. The lowest BCUT2D eigenvalue weighted by atomic mass is 9.98. The lowest BCUT2D eigenvalue weighted by molar-refractivity contribution is -0.142. The van der Waals surface area contributed by atoms with E-state index in [9.17, 15) is 14.7 Å². The highest BCUT2D eigenvalue weighted by atomic mass is 16.4. The number of amides is 2. The Bertz CT molecular complexity index is 370. The van der Waals surface area contributed by atoms with E-state index in [-0.39, 0.29) is 11.9 Å². The van der Waals surface area contributed by atoms with Crippen LogP contribution in [0.15, 0.2) is 0 Å². The van der Waals surface area contributed by atoms with E-state index < -0.39 is 12.0 Å². The van der Waals surface area contributed by atoms with Crippen LogP contribution < -0.4 is 0 Å². The van der Waals surface area contributed by atoms with Crippen LogP contribution in [-0.4, -0.2) is 52.1 Å². The lowest BCUT2D eigenvalue weighted by Gasteiger charge is -2.39. The third-order valence-corrected chi connectivity index (χ3v) is 4.69. The van der Waals surface area contributed by atoms with E-state index >= 15 is 0 Å². The second-order valence-corrected chi connectivity index (χ2v) is 6.16. The molecule has 1 N–H and O–H groups in total. The van der Waals surface area contributed by atoms with Gasteiger partial charge in [-0.15, -0.1) is 0 Å². The minimum Gasteiger partial charge on any atom is -0.480 e. The molecule has 2 amide bonds. The maximum Gasteiger partial charge on any atom is 0.326 e. The topological polar surface area (TPSA) is 60.9 Å². The molecule has 0 bridgehead atoms. The number of carbonyl (C=O) groups excluding carboxylic acids is 1. The number of urea groups is 1. The van der Waals surface area contributed by atoms with Gasteiger partial charge in [-0.3, -0.25) is 0 Å². The van der Waals surface area contributed by atoms with Crippen molar-refractivity contribution in [1.29, 1.82) is 0 Å². The van der Waals surface area contributed by atoms with Crippen molar-refractivity contribution in [2.24, 2.45) is 5.92 Å². The van der Waals surface area contributed by atoms with Gasteiger partial charge in [-0.25, -0.2) is 9.59 Å². The summed E-state index contributed by atoms with van der Waals surface area (Å²) < 4.78 is 0. The van der Waals surface area contributed by atoms with Crippen LogP contribution in [-0.2, 0) is 4.79 Å². The molecule has 0 aromatic heterocycles. The normalized spacial score (nSPS) is 30.6. The largest absolute Gasteiger partial charge is 0.480 e. The zero-order valence-electron chi connectivity index (χ0n) is 12.5. The van der Waals surface area contributed by atoms with Crippen molar-refractivity contribution in [3.05, 3.63) is 0 Å².